The minimum Gasteiger partial charge on any atom is -0.478 e. The Balaban J connectivity index is 2.45. The number of carboxylic acid groups (broad SMARTS) is 1. The van der Waals surface area contributed by atoms with Crippen LogP contribution in [0.1, 0.15) is 21.5 Å². The van der Waals surface area contributed by atoms with E-state index in [-0.39, 0.29) is 5.56 Å². The SMILES string of the molecule is Cc1ccc(Cl)c(Nc2cc(C)ccc2C(=O)O)c1. The Hall–Kier alpha value is -2.00. The van der Waals surface area contributed by atoms with E-state index >= 15 is 0 Å². The first kappa shape index (κ1) is 13.4. The molecule has 2 aromatic rings. The van der Waals surface area contributed by atoms with E-state index in [1.165, 1.54) is 0 Å². The molecule has 0 aromatic heterocycles. The van der Waals surface area contributed by atoms with Crippen molar-refractivity contribution in [3.63, 3.8) is 0 Å². The van der Waals surface area contributed by atoms with Crippen LogP contribution in [0.15, 0.2) is 36.4 Å². The van der Waals surface area contributed by atoms with Gasteiger partial charge in [0.1, 0.15) is 0 Å². The first-order valence-electron chi connectivity index (χ1n) is 5.84. The molecule has 2 aromatic carbocycles. The van der Waals surface area contributed by atoms with Gasteiger partial charge in [0.05, 0.1) is 22.0 Å². The molecule has 0 spiro atoms. The lowest BCUT2D eigenvalue weighted by Crippen LogP contribution is -2.03. The third-order valence-electron chi connectivity index (χ3n) is 2.80. The molecule has 0 saturated heterocycles. The molecule has 0 aliphatic heterocycles. The van der Waals surface area contributed by atoms with Crippen LogP contribution in [0.4, 0.5) is 11.4 Å². The summed E-state index contributed by atoms with van der Waals surface area (Å²) in [5.74, 6) is -0.966. The standard InChI is InChI=1S/C15H14ClNO2/c1-9-3-5-11(15(18)19)13(7-9)17-14-8-10(2)4-6-12(14)16/h3-8,17H,1-2H3,(H,18,19). The van der Waals surface area contributed by atoms with Crippen LogP contribution in [0.5, 0.6) is 0 Å². The third-order valence-corrected chi connectivity index (χ3v) is 3.13. The van der Waals surface area contributed by atoms with Crippen molar-refractivity contribution in [2.45, 2.75) is 13.8 Å². The molecule has 2 N–H and O–H groups in total. The van der Waals surface area contributed by atoms with Crippen molar-refractivity contribution in [1.29, 1.82) is 0 Å². The topological polar surface area (TPSA) is 49.3 Å². The predicted octanol–water partition coefficient (Wildman–Crippen LogP) is 4.40. The minimum atomic E-state index is -0.966. The highest BCUT2D eigenvalue weighted by molar-refractivity contribution is 6.33. The Morgan fingerprint density at radius 1 is 1.05 bits per heavy atom. The van der Waals surface area contributed by atoms with Crippen LogP contribution >= 0.6 is 11.6 Å². The van der Waals surface area contributed by atoms with Crippen LogP contribution in [0.25, 0.3) is 0 Å². The van der Waals surface area contributed by atoms with E-state index in [0.717, 1.165) is 11.1 Å². The number of halogens is 1. The first-order chi connectivity index (χ1) is 8.97. The van der Waals surface area contributed by atoms with Gasteiger partial charge in [-0.05, 0) is 49.2 Å². The summed E-state index contributed by atoms with van der Waals surface area (Å²) >= 11 is 6.11. The van der Waals surface area contributed by atoms with Gasteiger partial charge in [0, 0.05) is 0 Å². The van der Waals surface area contributed by atoms with Gasteiger partial charge in [0.15, 0.2) is 0 Å². The third kappa shape index (κ3) is 3.06. The Morgan fingerprint density at radius 2 is 1.63 bits per heavy atom. The lowest BCUT2D eigenvalue weighted by molar-refractivity contribution is 0.0698. The number of aryl methyl sites for hydroxylation is 2. The van der Waals surface area contributed by atoms with E-state index in [0.29, 0.717) is 16.4 Å². The van der Waals surface area contributed by atoms with Crippen molar-refractivity contribution >= 4 is 28.9 Å². The molecule has 0 radical (unpaired) electrons. The zero-order chi connectivity index (χ0) is 14.0. The van der Waals surface area contributed by atoms with E-state index in [4.69, 9.17) is 11.6 Å². The number of hydrogen-bond donors (Lipinski definition) is 2. The maximum atomic E-state index is 11.2. The summed E-state index contributed by atoms with van der Waals surface area (Å²) in [5.41, 5.74) is 3.51. The Labute approximate surface area is 116 Å². The molecule has 4 heteroatoms. The zero-order valence-corrected chi connectivity index (χ0v) is 11.5. The van der Waals surface area contributed by atoms with Crippen LogP contribution in [-0.2, 0) is 0 Å². The van der Waals surface area contributed by atoms with E-state index in [1.807, 2.05) is 26.0 Å². The van der Waals surface area contributed by atoms with Crippen LogP contribution in [0, 0.1) is 13.8 Å². The molecule has 19 heavy (non-hydrogen) atoms. The monoisotopic (exact) mass is 275 g/mol. The molecule has 0 heterocycles. The normalized spacial score (nSPS) is 10.3. The van der Waals surface area contributed by atoms with Crippen molar-refractivity contribution in [1.82, 2.24) is 0 Å². The molecule has 0 saturated carbocycles. The van der Waals surface area contributed by atoms with Gasteiger partial charge in [-0.25, -0.2) is 4.79 Å². The summed E-state index contributed by atoms with van der Waals surface area (Å²) in [6, 6.07) is 10.7. The summed E-state index contributed by atoms with van der Waals surface area (Å²) in [6.07, 6.45) is 0. The molecule has 98 valence electrons. The molecule has 0 aliphatic rings. The Morgan fingerprint density at radius 3 is 2.26 bits per heavy atom. The van der Waals surface area contributed by atoms with Gasteiger partial charge >= 0.3 is 5.97 Å². The average molecular weight is 276 g/mol. The minimum absolute atomic E-state index is 0.225. The smallest absolute Gasteiger partial charge is 0.337 e. The molecular weight excluding hydrogens is 262 g/mol. The lowest BCUT2D eigenvalue weighted by Gasteiger charge is -2.12. The number of rotatable bonds is 3. The fraction of sp³-hybridized carbons (Fsp3) is 0.133. The quantitative estimate of drug-likeness (QED) is 0.873. The van der Waals surface area contributed by atoms with Gasteiger partial charge in [-0.15, -0.1) is 0 Å². The largest absolute Gasteiger partial charge is 0.478 e. The van der Waals surface area contributed by atoms with E-state index < -0.39 is 5.97 Å². The van der Waals surface area contributed by atoms with E-state index in [2.05, 4.69) is 5.32 Å². The zero-order valence-electron chi connectivity index (χ0n) is 10.7. The Bertz CT molecular complexity index is 638. The van der Waals surface area contributed by atoms with Crippen LogP contribution < -0.4 is 5.32 Å². The lowest BCUT2D eigenvalue weighted by atomic mass is 10.1. The van der Waals surface area contributed by atoms with Crippen LogP contribution in [0.3, 0.4) is 0 Å². The van der Waals surface area contributed by atoms with Crippen molar-refractivity contribution < 1.29 is 9.90 Å². The Kier molecular flexibility index (Phi) is 3.76. The highest BCUT2D eigenvalue weighted by Crippen LogP contribution is 2.28. The summed E-state index contributed by atoms with van der Waals surface area (Å²) in [5, 5.41) is 12.8. The molecule has 0 aliphatic carbocycles. The van der Waals surface area contributed by atoms with Gasteiger partial charge in [0.2, 0.25) is 0 Å². The number of carboxylic acids is 1. The molecule has 3 nitrogen and oxygen atoms in total. The molecule has 0 amide bonds. The maximum Gasteiger partial charge on any atom is 0.337 e. The van der Waals surface area contributed by atoms with E-state index in [9.17, 15) is 9.90 Å². The maximum absolute atomic E-state index is 11.2. The fourth-order valence-corrected chi connectivity index (χ4v) is 1.99. The van der Waals surface area contributed by atoms with Gasteiger partial charge in [0.25, 0.3) is 0 Å². The summed E-state index contributed by atoms with van der Waals surface area (Å²) in [6.45, 7) is 3.87. The molecule has 2 rings (SSSR count). The van der Waals surface area contributed by atoms with Gasteiger partial charge in [-0.1, -0.05) is 23.7 Å². The summed E-state index contributed by atoms with van der Waals surface area (Å²) in [7, 11) is 0. The van der Waals surface area contributed by atoms with Gasteiger partial charge in [-0.2, -0.15) is 0 Å². The first-order valence-corrected chi connectivity index (χ1v) is 6.22. The molecule has 0 fully saturated rings. The highest BCUT2D eigenvalue weighted by Gasteiger charge is 2.11. The number of nitrogens with one attached hydrogen (secondary N) is 1. The fourth-order valence-electron chi connectivity index (χ4n) is 1.83. The molecule has 0 unspecified atom stereocenters. The number of aromatic carboxylic acids is 1. The van der Waals surface area contributed by atoms with Gasteiger partial charge < -0.3 is 10.4 Å². The average Bonchev–Trinajstić information content (AvgIpc) is 2.33. The van der Waals surface area contributed by atoms with E-state index in [1.54, 1.807) is 24.3 Å². The summed E-state index contributed by atoms with van der Waals surface area (Å²) in [4.78, 5) is 11.2. The van der Waals surface area contributed by atoms with Crippen molar-refractivity contribution in [3.8, 4) is 0 Å². The second-order valence-electron chi connectivity index (χ2n) is 4.46. The number of anilines is 2. The molecule has 0 atom stereocenters. The van der Waals surface area contributed by atoms with Gasteiger partial charge in [-0.3, -0.25) is 0 Å². The van der Waals surface area contributed by atoms with Crippen LogP contribution in [-0.4, -0.2) is 11.1 Å². The van der Waals surface area contributed by atoms with Crippen molar-refractivity contribution in [2.75, 3.05) is 5.32 Å². The second kappa shape index (κ2) is 5.33. The summed E-state index contributed by atoms with van der Waals surface area (Å²) < 4.78 is 0. The number of carbonyl (C=O) groups is 1. The number of hydrogen-bond acceptors (Lipinski definition) is 2. The predicted molar refractivity (Wildman–Crippen MR) is 77.6 cm³/mol. The van der Waals surface area contributed by atoms with Crippen LogP contribution in [0.2, 0.25) is 5.02 Å². The second-order valence-corrected chi connectivity index (χ2v) is 4.87. The molecule has 0 bridgehead atoms. The number of benzene rings is 2. The highest BCUT2D eigenvalue weighted by atomic mass is 35.5. The molecular formula is C15H14ClNO2. The van der Waals surface area contributed by atoms with Crippen molar-refractivity contribution in [3.05, 3.63) is 58.1 Å². The van der Waals surface area contributed by atoms with Crippen molar-refractivity contribution in [2.24, 2.45) is 0 Å².